The predicted molar refractivity (Wildman–Crippen MR) is 383 cm³/mol. The number of halogens is 3. The molecule has 94 heavy (non-hydrogen) atoms. The minimum atomic E-state index is -4.46. The van der Waals surface area contributed by atoms with Gasteiger partial charge in [-0.2, -0.15) is 8.78 Å². The van der Waals surface area contributed by atoms with Gasteiger partial charge in [-0.3, -0.25) is 0 Å². The summed E-state index contributed by atoms with van der Waals surface area (Å²) in [6.07, 6.45) is 50.3. The second kappa shape index (κ2) is 30.5. The molecule has 16 atom stereocenters. The van der Waals surface area contributed by atoms with Crippen molar-refractivity contribution in [3.05, 3.63) is 143 Å². The van der Waals surface area contributed by atoms with Crippen LogP contribution in [-0.2, 0) is 29.5 Å². The summed E-state index contributed by atoms with van der Waals surface area (Å²) in [5, 5.41) is 23.9. The maximum Gasteiger partial charge on any atom is 0.363 e. The topological polar surface area (TPSA) is 163 Å². The third-order valence-electron chi connectivity index (χ3n) is 25.3. The molecule has 10 aliphatic carbocycles. The Morgan fingerprint density at radius 1 is 0.468 bits per heavy atom. The molecular weight excluding hydrogens is 1250 g/mol. The highest BCUT2D eigenvalue weighted by molar-refractivity contribution is 7.92. The van der Waals surface area contributed by atoms with Gasteiger partial charge in [0.2, 0.25) is 14.8 Å². The van der Waals surface area contributed by atoms with Crippen LogP contribution >= 0.6 is 0 Å². The minimum absolute atomic E-state index is 0. The van der Waals surface area contributed by atoms with Crippen LogP contribution in [0.25, 0.3) is 0 Å². The second-order valence-corrected chi connectivity index (χ2v) is 38.5. The maximum absolute atomic E-state index is 14.6. The van der Waals surface area contributed by atoms with Gasteiger partial charge in [-0.05, 0) is 272 Å². The summed E-state index contributed by atoms with van der Waals surface area (Å²) < 4.78 is 112. The molecule has 0 aromatic heterocycles. The first-order valence-corrected chi connectivity index (χ1v) is 40.9. The Morgan fingerprint density at radius 3 is 1.09 bits per heavy atom. The molecule has 528 valence electrons. The van der Waals surface area contributed by atoms with Crippen molar-refractivity contribution < 1.29 is 53.7 Å². The number of aliphatic hydroxyl groups is 3. The number of aliphatic hydroxyl groups excluding tert-OH is 3. The van der Waals surface area contributed by atoms with Gasteiger partial charge in [-0.25, -0.2) is 29.6 Å². The highest BCUT2D eigenvalue weighted by atomic mass is 32.2. The predicted octanol–water partition coefficient (Wildman–Crippen LogP) is 18.6. The monoisotopic (exact) mass is 1360 g/mol. The standard InChI is InChI=1S/C27H40O3S.C26H39FO3S.C25H36F2O3S.CH4/c1-19-7-10-23(28)18-22(19)9-8-21-6-5-14-26(3)24(11-12-25(21)26)20(2)13-15-27(16-17-27)31(4,29)30;1-18-8-11-22(28)17-21(18)10-9-20-7-6-15-25(3)23(12-13-24(20)25)19(2)14-16-26(4,27)31(5,29)30;1-17-7-10-21(28)16-20(17)9-8-19-6-5-14-24(3)22(11-12-23(19)24)18(2)13-15-25(26,27)31(4,29)30;/h8-9,13,15,20,23-25,28H,1,5-7,10-12,14,16-18H2,2-4H3;9-10,14,16,19,22-24,28H,1,6-8,11-13,15,17H2,2-5H3;8-9,13,15,18,21-23,28H,1,5-7,10-12,14,16H2,2-4H3;1H4/b15-13+,21-8+,22-9-;16-14+,20-9+,21-10-;15-13+,19-8+,20-9-;/t20?,23-,24?,25-,26+;19?,22-,23?,24-,25+,26-;18?,21-,22?,23-,24+;/m000./s1. The van der Waals surface area contributed by atoms with E-state index in [9.17, 15) is 53.7 Å². The fourth-order valence-corrected chi connectivity index (χ4v) is 20.8. The van der Waals surface area contributed by atoms with E-state index in [2.05, 4.69) is 96.9 Å². The Labute approximate surface area is 567 Å². The van der Waals surface area contributed by atoms with Crippen LogP contribution in [0.3, 0.4) is 0 Å². The Morgan fingerprint density at radius 2 is 0.787 bits per heavy atom. The lowest BCUT2D eigenvalue weighted by Crippen LogP contribution is -2.35. The fraction of sp³-hybridized carbons (Fsp3) is 0.696. The van der Waals surface area contributed by atoms with E-state index in [1.54, 1.807) is 11.6 Å². The van der Waals surface area contributed by atoms with Crippen LogP contribution in [0.5, 0.6) is 0 Å². The van der Waals surface area contributed by atoms with E-state index in [1.807, 2.05) is 13.0 Å². The summed E-state index contributed by atoms with van der Waals surface area (Å²) in [4.78, 5) is 0. The number of allylic oxidation sites excluding steroid dienone is 15. The lowest BCUT2D eigenvalue weighted by molar-refractivity contribution is 0.110. The van der Waals surface area contributed by atoms with Crippen LogP contribution in [-0.4, -0.2) is 92.7 Å². The van der Waals surface area contributed by atoms with Gasteiger partial charge in [0, 0.05) is 18.8 Å². The first-order valence-electron chi connectivity index (χ1n) is 35.3. The molecule has 0 spiro atoms. The van der Waals surface area contributed by atoms with Crippen molar-refractivity contribution in [1.82, 2.24) is 0 Å². The van der Waals surface area contributed by atoms with Gasteiger partial charge in [0.25, 0.3) is 0 Å². The summed E-state index contributed by atoms with van der Waals surface area (Å²) in [7, 11) is -11.3. The number of hydrogen-bond donors (Lipinski definition) is 3. The number of alkyl halides is 3. The summed E-state index contributed by atoms with van der Waals surface area (Å²) in [5.41, 5.74) is 11.9. The maximum atomic E-state index is 14.6. The van der Waals surface area contributed by atoms with Gasteiger partial charge in [0.05, 0.1) is 23.1 Å². The Hall–Kier alpha value is -3.60. The van der Waals surface area contributed by atoms with Crippen LogP contribution in [0.15, 0.2) is 143 Å². The molecule has 0 bridgehead atoms. The van der Waals surface area contributed by atoms with Gasteiger partial charge in [-0.1, -0.05) is 163 Å². The normalized spacial score (nSPS) is 37.4. The molecule has 0 aromatic rings. The molecule has 0 saturated heterocycles. The fourth-order valence-electron chi connectivity index (χ4n) is 19.0. The molecule has 9 nitrogen and oxygen atoms in total. The van der Waals surface area contributed by atoms with Gasteiger partial charge < -0.3 is 15.3 Å². The lowest BCUT2D eigenvalue weighted by atomic mass is 9.61. The van der Waals surface area contributed by atoms with E-state index in [0.29, 0.717) is 60.7 Å². The summed E-state index contributed by atoms with van der Waals surface area (Å²) >= 11 is 0. The number of hydrogen-bond acceptors (Lipinski definition) is 9. The Bertz CT molecular complexity index is 3090. The van der Waals surface area contributed by atoms with Crippen molar-refractivity contribution in [3.63, 3.8) is 0 Å². The van der Waals surface area contributed by atoms with Crippen molar-refractivity contribution in [2.24, 2.45) is 69.5 Å². The summed E-state index contributed by atoms with van der Waals surface area (Å²) in [5.74, 6) is 3.20. The van der Waals surface area contributed by atoms with Crippen LogP contribution < -0.4 is 0 Å². The first-order chi connectivity index (χ1) is 43.3. The average Bonchev–Trinajstić information content (AvgIpc) is 1.60. The van der Waals surface area contributed by atoms with Gasteiger partial charge in [0.1, 0.15) is 0 Å². The SMILES string of the molecule is C.C=C1CC[C@H](O)C/C1=C/C=C1\CCC[C@]2(C)C(C(C)/C=C/C(F)(F)S(C)(=O)=O)CC[C@@H]12.C=C1CC[C@H](O)C/C1=C/C=C1\CCC[C@]2(C)C(C(C)/C=C/C3(S(C)(=O)=O)CC3)CC[C@@H]12.C=C1CC[C@H](O)C/C1=C/C=C1\CCC[C@]2(C)C(C(C)/C=C/[C@@](C)(F)S(C)(=O)=O)CC[C@@H]12. The molecule has 15 heteroatoms. The molecular formula is C79H119F3O9S3. The lowest BCUT2D eigenvalue weighted by Gasteiger charge is -2.44. The highest BCUT2D eigenvalue weighted by Gasteiger charge is 2.54. The van der Waals surface area contributed by atoms with Crippen LogP contribution in [0.4, 0.5) is 13.2 Å². The molecule has 0 aromatic carbocycles. The van der Waals surface area contributed by atoms with E-state index >= 15 is 0 Å². The van der Waals surface area contributed by atoms with E-state index in [0.717, 1.165) is 152 Å². The Kier molecular flexibility index (Phi) is 25.2. The van der Waals surface area contributed by atoms with Gasteiger partial charge >= 0.3 is 5.25 Å². The molecule has 6 unspecified atom stereocenters. The molecule has 10 fully saturated rings. The summed E-state index contributed by atoms with van der Waals surface area (Å²) in [6.45, 7) is 27.1. The third-order valence-corrected chi connectivity index (χ3v) is 30.0. The number of rotatable bonds is 15. The number of fused-ring (bicyclic) bond motifs is 3. The molecule has 0 amide bonds. The van der Waals surface area contributed by atoms with Gasteiger partial charge in [0.15, 0.2) is 19.7 Å². The zero-order valence-electron chi connectivity index (χ0n) is 58.0. The average molecular weight is 1370 g/mol. The molecule has 0 aliphatic heterocycles. The highest BCUT2D eigenvalue weighted by Crippen LogP contribution is 2.63. The molecule has 10 saturated carbocycles. The van der Waals surface area contributed by atoms with E-state index in [1.165, 1.54) is 78.4 Å². The second-order valence-electron chi connectivity index (χ2n) is 31.7. The van der Waals surface area contributed by atoms with Crippen molar-refractivity contribution in [1.29, 1.82) is 0 Å². The summed E-state index contributed by atoms with van der Waals surface area (Å²) in [6, 6.07) is 0. The molecule has 10 aliphatic rings. The molecule has 0 radical (unpaired) electrons. The molecule has 3 N–H and O–H groups in total. The third kappa shape index (κ3) is 17.5. The van der Waals surface area contributed by atoms with Crippen molar-refractivity contribution >= 4 is 29.5 Å². The minimum Gasteiger partial charge on any atom is -0.393 e. The van der Waals surface area contributed by atoms with Crippen molar-refractivity contribution in [2.75, 3.05) is 18.8 Å². The zero-order chi connectivity index (χ0) is 68.5. The van der Waals surface area contributed by atoms with Crippen LogP contribution in [0, 0.1) is 69.5 Å². The van der Waals surface area contributed by atoms with E-state index in [-0.39, 0.29) is 59.7 Å². The smallest absolute Gasteiger partial charge is 0.363 e. The van der Waals surface area contributed by atoms with Gasteiger partial charge in [-0.15, -0.1) is 0 Å². The van der Waals surface area contributed by atoms with Crippen molar-refractivity contribution in [2.45, 2.75) is 256 Å². The van der Waals surface area contributed by atoms with Crippen LogP contribution in [0.2, 0.25) is 0 Å². The first kappa shape index (κ1) is 77.7. The largest absolute Gasteiger partial charge is 0.393 e. The molecule has 10 rings (SSSR count). The quantitative estimate of drug-likeness (QED) is 0.135. The Balaban J connectivity index is 0.000000198. The zero-order valence-corrected chi connectivity index (χ0v) is 60.5. The van der Waals surface area contributed by atoms with Crippen LogP contribution in [0.1, 0.15) is 223 Å². The van der Waals surface area contributed by atoms with Crippen molar-refractivity contribution in [3.8, 4) is 0 Å². The van der Waals surface area contributed by atoms with E-state index < -0.39 is 44.5 Å². The van der Waals surface area contributed by atoms with E-state index in [4.69, 9.17) is 0 Å². The molecule has 0 heterocycles. The number of sulfone groups is 3.